The number of hydrogen-bond acceptors (Lipinski definition) is 3. The maximum atomic E-state index is 11.3. The van der Waals surface area contributed by atoms with Crippen molar-refractivity contribution in [1.82, 2.24) is 9.80 Å². The molecule has 0 bridgehead atoms. The normalized spacial score (nSPS) is 22.0. The Bertz CT molecular complexity index is 192. The van der Waals surface area contributed by atoms with Gasteiger partial charge in [0.15, 0.2) is 0 Å². The molecule has 4 heteroatoms. The molecular formula is C10H21N3O. The van der Waals surface area contributed by atoms with Crippen LogP contribution in [0.2, 0.25) is 0 Å². The standard InChI is InChI=1S/C10H21N3O/c1-3-12(4-2)9-5-6-13(8-9)10(14)7-11/h9H,3-8,11H2,1-2H3. The van der Waals surface area contributed by atoms with Gasteiger partial charge in [-0.1, -0.05) is 13.8 Å². The average molecular weight is 199 g/mol. The van der Waals surface area contributed by atoms with Crippen LogP contribution in [0.1, 0.15) is 20.3 Å². The molecule has 1 atom stereocenters. The van der Waals surface area contributed by atoms with Crippen molar-refractivity contribution in [2.45, 2.75) is 26.3 Å². The molecular weight excluding hydrogens is 178 g/mol. The summed E-state index contributed by atoms with van der Waals surface area (Å²) in [6.07, 6.45) is 1.09. The van der Waals surface area contributed by atoms with Gasteiger partial charge in [0, 0.05) is 19.1 Å². The fourth-order valence-electron chi connectivity index (χ4n) is 2.14. The van der Waals surface area contributed by atoms with Crippen molar-refractivity contribution in [3.63, 3.8) is 0 Å². The molecule has 2 N–H and O–H groups in total. The van der Waals surface area contributed by atoms with Crippen LogP contribution in [0.25, 0.3) is 0 Å². The molecule has 0 spiro atoms. The lowest BCUT2D eigenvalue weighted by Crippen LogP contribution is -2.40. The maximum Gasteiger partial charge on any atom is 0.236 e. The largest absolute Gasteiger partial charge is 0.340 e. The van der Waals surface area contributed by atoms with Crippen molar-refractivity contribution >= 4 is 5.91 Å². The third-order valence-corrected chi connectivity index (χ3v) is 3.02. The average Bonchev–Trinajstić information content (AvgIpc) is 2.68. The summed E-state index contributed by atoms with van der Waals surface area (Å²) in [6, 6.07) is 0.542. The van der Waals surface area contributed by atoms with E-state index in [1.54, 1.807) is 0 Å². The molecule has 0 radical (unpaired) electrons. The summed E-state index contributed by atoms with van der Waals surface area (Å²) in [4.78, 5) is 15.6. The lowest BCUT2D eigenvalue weighted by atomic mass is 10.2. The minimum atomic E-state index is 0.0830. The Hall–Kier alpha value is -0.610. The summed E-state index contributed by atoms with van der Waals surface area (Å²) in [6.45, 7) is 8.32. The lowest BCUT2D eigenvalue weighted by Gasteiger charge is -2.25. The van der Waals surface area contributed by atoms with Gasteiger partial charge in [-0.05, 0) is 19.5 Å². The van der Waals surface area contributed by atoms with E-state index < -0.39 is 0 Å². The van der Waals surface area contributed by atoms with Crippen LogP contribution in [0.4, 0.5) is 0 Å². The number of carbonyl (C=O) groups excluding carboxylic acids is 1. The number of amides is 1. The first-order chi connectivity index (χ1) is 6.72. The summed E-state index contributed by atoms with van der Waals surface area (Å²) in [5.74, 6) is 0.0830. The zero-order chi connectivity index (χ0) is 10.6. The van der Waals surface area contributed by atoms with E-state index in [-0.39, 0.29) is 12.5 Å². The van der Waals surface area contributed by atoms with E-state index in [0.29, 0.717) is 6.04 Å². The van der Waals surface area contributed by atoms with Gasteiger partial charge in [-0.2, -0.15) is 0 Å². The van der Waals surface area contributed by atoms with E-state index in [1.165, 1.54) is 0 Å². The number of nitrogens with two attached hydrogens (primary N) is 1. The second-order valence-corrected chi connectivity index (χ2v) is 3.71. The molecule has 1 amide bonds. The molecule has 0 aromatic carbocycles. The molecule has 1 aliphatic heterocycles. The van der Waals surface area contributed by atoms with Gasteiger partial charge < -0.3 is 10.6 Å². The van der Waals surface area contributed by atoms with E-state index in [9.17, 15) is 4.79 Å². The van der Waals surface area contributed by atoms with Gasteiger partial charge in [0.2, 0.25) is 5.91 Å². The molecule has 1 fully saturated rings. The Morgan fingerprint density at radius 1 is 1.50 bits per heavy atom. The van der Waals surface area contributed by atoms with Gasteiger partial charge in [0.05, 0.1) is 6.54 Å². The highest BCUT2D eigenvalue weighted by atomic mass is 16.2. The van der Waals surface area contributed by atoms with Crippen molar-refractivity contribution in [1.29, 1.82) is 0 Å². The first-order valence-electron chi connectivity index (χ1n) is 5.44. The quantitative estimate of drug-likeness (QED) is 0.687. The number of nitrogens with zero attached hydrogens (tertiary/aromatic N) is 2. The predicted octanol–water partition coefficient (Wildman–Crippen LogP) is -0.112. The van der Waals surface area contributed by atoms with Gasteiger partial charge in [-0.3, -0.25) is 9.69 Å². The second kappa shape index (κ2) is 5.32. The summed E-state index contributed by atoms with van der Waals surface area (Å²) in [7, 11) is 0. The van der Waals surface area contributed by atoms with E-state index in [2.05, 4.69) is 18.7 Å². The fraction of sp³-hybridized carbons (Fsp3) is 0.900. The van der Waals surface area contributed by atoms with Crippen LogP contribution < -0.4 is 5.73 Å². The topological polar surface area (TPSA) is 49.6 Å². The van der Waals surface area contributed by atoms with E-state index in [0.717, 1.165) is 32.6 Å². The summed E-state index contributed by atoms with van der Waals surface area (Å²) in [5.41, 5.74) is 5.33. The molecule has 0 saturated carbocycles. The highest BCUT2D eigenvalue weighted by molar-refractivity contribution is 5.78. The molecule has 0 aromatic rings. The third kappa shape index (κ3) is 2.45. The molecule has 1 rings (SSSR count). The van der Waals surface area contributed by atoms with Crippen molar-refractivity contribution in [3.05, 3.63) is 0 Å². The number of carbonyl (C=O) groups is 1. The fourth-order valence-corrected chi connectivity index (χ4v) is 2.14. The van der Waals surface area contributed by atoms with Gasteiger partial charge in [0.25, 0.3) is 0 Å². The second-order valence-electron chi connectivity index (χ2n) is 3.71. The first kappa shape index (κ1) is 11.5. The Morgan fingerprint density at radius 3 is 2.64 bits per heavy atom. The van der Waals surface area contributed by atoms with Crippen molar-refractivity contribution in [2.75, 3.05) is 32.7 Å². The molecule has 14 heavy (non-hydrogen) atoms. The molecule has 4 nitrogen and oxygen atoms in total. The molecule has 1 unspecified atom stereocenters. The highest BCUT2D eigenvalue weighted by Gasteiger charge is 2.28. The van der Waals surface area contributed by atoms with Crippen molar-refractivity contribution in [3.8, 4) is 0 Å². The van der Waals surface area contributed by atoms with Crippen LogP contribution in [0.3, 0.4) is 0 Å². The summed E-state index contributed by atoms with van der Waals surface area (Å²) in [5, 5.41) is 0. The Morgan fingerprint density at radius 2 is 2.14 bits per heavy atom. The number of hydrogen-bond donors (Lipinski definition) is 1. The summed E-state index contributed by atoms with van der Waals surface area (Å²) < 4.78 is 0. The predicted molar refractivity (Wildman–Crippen MR) is 57.0 cm³/mol. The number of rotatable bonds is 4. The van der Waals surface area contributed by atoms with Gasteiger partial charge in [-0.25, -0.2) is 0 Å². The van der Waals surface area contributed by atoms with Crippen LogP contribution in [-0.2, 0) is 4.79 Å². The summed E-state index contributed by atoms with van der Waals surface area (Å²) >= 11 is 0. The van der Waals surface area contributed by atoms with Gasteiger partial charge in [-0.15, -0.1) is 0 Å². The van der Waals surface area contributed by atoms with Crippen molar-refractivity contribution < 1.29 is 4.79 Å². The Labute approximate surface area is 86.0 Å². The van der Waals surface area contributed by atoms with E-state index in [4.69, 9.17) is 5.73 Å². The number of likely N-dealkylation sites (N-methyl/N-ethyl adjacent to an activating group) is 1. The van der Waals surface area contributed by atoms with Crippen LogP contribution in [0, 0.1) is 0 Å². The smallest absolute Gasteiger partial charge is 0.236 e. The molecule has 0 aliphatic carbocycles. The molecule has 1 saturated heterocycles. The first-order valence-corrected chi connectivity index (χ1v) is 5.44. The van der Waals surface area contributed by atoms with Crippen LogP contribution in [0.15, 0.2) is 0 Å². The van der Waals surface area contributed by atoms with Crippen LogP contribution >= 0.6 is 0 Å². The Kier molecular flexibility index (Phi) is 4.35. The molecule has 82 valence electrons. The highest BCUT2D eigenvalue weighted by Crippen LogP contribution is 2.14. The van der Waals surface area contributed by atoms with E-state index >= 15 is 0 Å². The van der Waals surface area contributed by atoms with Crippen molar-refractivity contribution in [2.24, 2.45) is 5.73 Å². The maximum absolute atomic E-state index is 11.3. The lowest BCUT2D eigenvalue weighted by molar-refractivity contribution is -0.128. The molecule has 0 aromatic heterocycles. The minimum absolute atomic E-state index is 0.0830. The zero-order valence-electron chi connectivity index (χ0n) is 9.20. The zero-order valence-corrected chi connectivity index (χ0v) is 9.20. The van der Waals surface area contributed by atoms with Gasteiger partial charge in [0.1, 0.15) is 0 Å². The monoisotopic (exact) mass is 199 g/mol. The van der Waals surface area contributed by atoms with E-state index in [1.807, 2.05) is 4.90 Å². The number of likely N-dealkylation sites (tertiary alicyclic amines) is 1. The molecule has 1 heterocycles. The molecule has 1 aliphatic rings. The minimum Gasteiger partial charge on any atom is -0.340 e. The Balaban J connectivity index is 2.43. The third-order valence-electron chi connectivity index (χ3n) is 3.02. The van der Waals surface area contributed by atoms with Crippen LogP contribution in [0.5, 0.6) is 0 Å². The SMILES string of the molecule is CCN(CC)C1CCN(C(=O)CN)C1. The van der Waals surface area contributed by atoms with Crippen LogP contribution in [-0.4, -0.2) is 54.5 Å². The van der Waals surface area contributed by atoms with Gasteiger partial charge >= 0.3 is 0 Å².